The van der Waals surface area contributed by atoms with Gasteiger partial charge in [0.1, 0.15) is 0 Å². The van der Waals surface area contributed by atoms with Gasteiger partial charge in [-0.1, -0.05) is 0 Å². The number of hydrogen-bond donors (Lipinski definition) is 2. The van der Waals surface area contributed by atoms with E-state index in [0.717, 1.165) is 0 Å². The molecule has 0 radical (unpaired) electrons. The van der Waals surface area contributed by atoms with E-state index in [1.54, 1.807) is 13.8 Å². The molecule has 0 aliphatic carbocycles. The summed E-state index contributed by atoms with van der Waals surface area (Å²) in [5.74, 6) is 0. The van der Waals surface area contributed by atoms with Crippen LogP contribution >= 0.6 is 0 Å². The first kappa shape index (κ1) is 11.0. The largest absolute Gasteiger partial charge is 2.00 e. The molecule has 3 N–H and O–H groups in total. The summed E-state index contributed by atoms with van der Waals surface area (Å²) in [6, 6.07) is 0. The van der Waals surface area contributed by atoms with Gasteiger partial charge in [-0.15, -0.1) is 0 Å². The Labute approximate surface area is 77.1 Å². The molecule has 0 bridgehead atoms. The van der Waals surface area contributed by atoms with E-state index < -0.39 is 5.60 Å². The van der Waals surface area contributed by atoms with E-state index in [-0.39, 0.29) is 40.6 Å². The minimum absolute atomic E-state index is 0. The van der Waals surface area contributed by atoms with Crippen molar-refractivity contribution in [2.75, 3.05) is 6.54 Å². The Balaban J connectivity index is -0.0000000417. The molecule has 0 fully saturated rings. The van der Waals surface area contributed by atoms with Crippen LogP contribution in [0.15, 0.2) is 0 Å². The number of aliphatic hydroxyl groups is 1. The van der Waals surface area contributed by atoms with Gasteiger partial charge >= 0.3 is 37.7 Å². The fourth-order valence-corrected chi connectivity index (χ4v) is 0. The summed E-state index contributed by atoms with van der Waals surface area (Å²) in [6.07, 6.45) is 0. The Morgan fingerprint density at radius 3 is 1.86 bits per heavy atom. The van der Waals surface area contributed by atoms with Crippen LogP contribution in [-0.4, -0.2) is 55.0 Å². The van der Waals surface area contributed by atoms with Crippen molar-refractivity contribution in [1.82, 2.24) is 0 Å². The van der Waals surface area contributed by atoms with Crippen molar-refractivity contribution in [2.45, 2.75) is 19.4 Å². The average molecular weight is 131 g/mol. The molecule has 0 spiro atoms. The van der Waals surface area contributed by atoms with Crippen LogP contribution in [0.25, 0.3) is 0 Å². The number of hydrogen-bond acceptors (Lipinski definition) is 2. The quantitative estimate of drug-likeness (QED) is 0.474. The van der Waals surface area contributed by atoms with Crippen molar-refractivity contribution in [3.63, 3.8) is 0 Å². The van der Waals surface area contributed by atoms with Crippen LogP contribution in [0.5, 0.6) is 0 Å². The zero-order chi connectivity index (χ0) is 5.21. The normalized spacial score (nSPS) is 10.3. The van der Waals surface area contributed by atoms with E-state index in [1.165, 1.54) is 0 Å². The predicted molar refractivity (Wildman–Crippen MR) is 33.3 cm³/mol. The molecule has 0 aromatic heterocycles. The Morgan fingerprint density at radius 1 is 1.71 bits per heavy atom. The molecule has 3 heteroatoms. The van der Waals surface area contributed by atoms with Gasteiger partial charge in [-0.2, -0.15) is 0 Å². The molecule has 0 rings (SSSR count). The van der Waals surface area contributed by atoms with E-state index in [1.807, 2.05) is 0 Å². The van der Waals surface area contributed by atoms with Crippen LogP contribution in [-0.2, 0) is 0 Å². The van der Waals surface area contributed by atoms with E-state index in [2.05, 4.69) is 0 Å². The third-order valence-electron chi connectivity index (χ3n) is 0.500. The van der Waals surface area contributed by atoms with Gasteiger partial charge in [0, 0.05) is 6.54 Å². The van der Waals surface area contributed by atoms with Crippen molar-refractivity contribution in [1.29, 1.82) is 0 Å². The molecular formula is C4H13CaNO. The van der Waals surface area contributed by atoms with E-state index in [0.29, 0.717) is 6.54 Å². The van der Waals surface area contributed by atoms with Gasteiger partial charge in [-0.05, 0) is 13.8 Å². The Hall–Kier alpha value is 1.18. The molecule has 42 valence electrons. The smallest absolute Gasteiger partial charge is 1.00 e. The molecule has 0 heterocycles. The van der Waals surface area contributed by atoms with Gasteiger partial charge < -0.3 is 13.7 Å². The third-order valence-corrected chi connectivity index (χ3v) is 0.500. The molecule has 2 nitrogen and oxygen atoms in total. The van der Waals surface area contributed by atoms with Crippen LogP contribution in [0.3, 0.4) is 0 Å². The second-order valence-corrected chi connectivity index (χ2v) is 2.02. The molecule has 0 aromatic rings. The van der Waals surface area contributed by atoms with E-state index in [9.17, 15) is 0 Å². The molecule has 0 saturated carbocycles. The Kier molecular flexibility index (Phi) is 6.46. The third kappa shape index (κ3) is 11.0. The summed E-state index contributed by atoms with van der Waals surface area (Å²) < 4.78 is 0. The minimum atomic E-state index is -0.681. The number of rotatable bonds is 1. The van der Waals surface area contributed by atoms with Crippen LogP contribution in [0.1, 0.15) is 16.7 Å². The molecule has 0 amide bonds. The van der Waals surface area contributed by atoms with Crippen molar-refractivity contribution < 1.29 is 7.96 Å². The van der Waals surface area contributed by atoms with Crippen molar-refractivity contribution in [3.8, 4) is 0 Å². The maximum absolute atomic E-state index is 8.70. The first-order valence-electron chi connectivity index (χ1n) is 1.99. The maximum Gasteiger partial charge on any atom is 2.00 e. The average Bonchev–Trinajstić information content (AvgIpc) is 1.35. The monoisotopic (exact) mass is 131 g/mol. The van der Waals surface area contributed by atoms with Crippen molar-refractivity contribution in [2.24, 2.45) is 5.73 Å². The van der Waals surface area contributed by atoms with Gasteiger partial charge in [-0.3, -0.25) is 0 Å². The summed E-state index contributed by atoms with van der Waals surface area (Å²) in [5, 5.41) is 8.70. The molecular weight excluding hydrogens is 118 g/mol. The van der Waals surface area contributed by atoms with Crippen molar-refractivity contribution in [3.05, 3.63) is 0 Å². The first-order valence-corrected chi connectivity index (χ1v) is 1.99. The molecule has 0 aliphatic heterocycles. The zero-order valence-corrected chi connectivity index (χ0v) is 7.15. The first-order chi connectivity index (χ1) is 2.56. The van der Waals surface area contributed by atoms with Crippen molar-refractivity contribution >= 4 is 37.7 Å². The van der Waals surface area contributed by atoms with Crippen LogP contribution in [0.4, 0.5) is 0 Å². The standard InChI is InChI=1S/C4H11NO.Ca.2H/c1-4(2,6)3-5;;;/h6H,3,5H2,1-2H3;;;/q;+2;2*-1. The minimum Gasteiger partial charge on any atom is -1.00 e. The summed E-state index contributed by atoms with van der Waals surface area (Å²) >= 11 is 0. The summed E-state index contributed by atoms with van der Waals surface area (Å²) in [4.78, 5) is 0. The maximum atomic E-state index is 8.70. The fraction of sp³-hybridized carbons (Fsp3) is 1.00. The summed E-state index contributed by atoms with van der Waals surface area (Å²) in [5.41, 5.74) is 4.38. The second-order valence-electron chi connectivity index (χ2n) is 2.02. The van der Waals surface area contributed by atoms with Crippen LogP contribution in [0.2, 0.25) is 0 Å². The zero-order valence-electron chi connectivity index (χ0n) is 6.94. The molecule has 0 saturated heterocycles. The summed E-state index contributed by atoms with van der Waals surface area (Å²) in [6.45, 7) is 3.67. The molecule has 0 unspecified atom stereocenters. The molecule has 0 aromatic carbocycles. The second kappa shape index (κ2) is 4.10. The predicted octanol–water partition coefficient (Wildman–Crippen LogP) is -0.440. The fourth-order valence-electron chi connectivity index (χ4n) is 0. The van der Waals surface area contributed by atoms with Gasteiger partial charge in [0.2, 0.25) is 0 Å². The summed E-state index contributed by atoms with van der Waals surface area (Å²) in [7, 11) is 0. The van der Waals surface area contributed by atoms with E-state index >= 15 is 0 Å². The topological polar surface area (TPSA) is 46.2 Å². The van der Waals surface area contributed by atoms with Gasteiger partial charge in [-0.25, -0.2) is 0 Å². The molecule has 0 aliphatic rings. The Bertz CT molecular complexity index is 48.3. The van der Waals surface area contributed by atoms with Crippen LogP contribution in [0, 0.1) is 0 Å². The number of nitrogens with two attached hydrogens (primary N) is 1. The van der Waals surface area contributed by atoms with Crippen LogP contribution < -0.4 is 5.73 Å². The van der Waals surface area contributed by atoms with Gasteiger partial charge in [0.05, 0.1) is 5.60 Å². The molecule has 0 atom stereocenters. The SMILES string of the molecule is CC(C)(O)CN.[Ca+2].[H-].[H-]. The molecule has 7 heavy (non-hydrogen) atoms. The van der Waals surface area contributed by atoms with E-state index in [4.69, 9.17) is 10.8 Å². The van der Waals surface area contributed by atoms with Gasteiger partial charge in [0.15, 0.2) is 0 Å². The Morgan fingerprint density at radius 2 is 1.86 bits per heavy atom. The van der Waals surface area contributed by atoms with Gasteiger partial charge in [0.25, 0.3) is 0 Å².